The second-order valence-corrected chi connectivity index (χ2v) is 5.66. The zero-order valence-electron chi connectivity index (χ0n) is 11.1. The summed E-state index contributed by atoms with van der Waals surface area (Å²) in [6.45, 7) is 0. The van der Waals surface area contributed by atoms with Gasteiger partial charge in [0.2, 0.25) is 0 Å². The van der Waals surface area contributed by atoms with Crippen molar-refractivity contribution in [2.24, 2.45) is 5.10 Å². The molecule has 1 aliphatic rings. The fourth-order valence-electron chi connectivity index (χ4n) is 2.06. The highest BCUT2D eigenvalue weighted by molar-refractivity contribution is 8.14. The van der Waals surface area contributed by atoms with Crippen LogP contribution in [0.15, 0.2) is 47.6 Å². The Kier molecular flexibility index (Phi) is 3.60. The van der Waals surface area contributed by atoms with Crippen LogP contribution in [0, 0.1) is 10.1 Å². The predicted octanol–water partition coefficient (Wildman–Crippen LogP) is 2.70. The lowest BCUT2D eigenvalue weighted by atomic mass is 10.2. The molecule has 0 saturated heterocycles. The summed E-state index contributed by atoms with van der Waals surface area (Å²) in [4.78, 5) is 10.3. The first-order chi connectivity index (χ1) is 10.6. The fraction of sp³-hybridized carbons (Fsp3) is 0.0714. The van der Waals surface area contributed by atoms with Crippen LogP contribution in [0.25, 0.3) is 0 Å². The van der Waals surface area contributed by atoms with E-state index in [4.69, 9.17) is 0 Å². The molecular formula is C14H11N3O4S. The van der Waals surface area contributed by atoms with E-state index >= 15 is 0 Å². The zero-order chi connectivity index (χ0) is 15.7. The molecule has 2 aromatic carbocycles. The zero-order valence-corrected chi connectivity index (χ0v) is 11.9. The van der Waals surface area contributed by atoms with E-state index in [0.29, 0.717) is 16.2 Å². The van der Waals surface area contributed by atoms with E-state index in [1.165, 1.54) is 30.0 Å². The summed E-state index contributed by atoms with van der Waals surface area (Å²) in [6, 6.07) is 10.6. The number of hydrogen-bond acceptors (Lipinski definition) is 7. The summed E-state index contributed by atoms with van der Waals surface area (Å²) in [5.74, 6) is 0.0452. The van der Waals surface area contributed by atoms with Crippen LogP contribution in [0.2, 0.25) is 0 Å². The maximum absolute atomic E-state index is 10.8. The lowest BCUT2D eigenvalue weighted by Gasteiger charge is -2.11. The minimum absolute atomic E-state index is 0.0515. The number of rotatable bonds is 3. The molecule has 2 aromatic rings. The SMILES string of the molecule is O=[N+]([O-])c1ccc(O)c([C@H]2NN=C(c3ccccc3O)S2)c1. The Bertz CT molecular complexity index is 778. The topological polar surface area (TPSA) is 108 Å². The standard InChI is InChI=1S/C14H11N3O4S/c18-11-4-2-1-3-9(11)13-15-16-14(22-13)10-7-8(17(20)21)5-6-12(10)19/h1-7,14,16,18-19H/t14-/m0/s1. The summed E-state index contributed by atoms with van der Waals surface area (Å²) in [5.41, 5.74) is 3.64. The molecule has 8 heteroatoms. The van der Waals surface area contributed by atoms with Crippen LogP contribution < -0.4 is 5.43 Å². The summed E-state index contributed by atoms with van der Waals surface area (Å²) in [5, 5.41) is 34.8. The number of aromatic hydroxyl groups is 2. The Morgan fingerprint density at radius 3 is 2.68 bits per heavy atom. The Morgan fingerprint density at radius 2 is 1.95 bits per heavy atom. The minimum Gasteiger partial charge on any atom is -0.508 e. The smallest absolute Gasteiger partial charge is 0.270 e. The normalized spacial score (nSPS) is 16.9. The molecule has 0 bridgehead atoms. The molecule has 3 rings (SSSR count). The second kappa shape index (κ2) is 5.57. The van der Waals surface area contributed by atoms with E-state index in [2.05, 4.69) is 10.5 Å². The molecule has 0 spiro atoms. The van der Waals surface area contributed by atoms with E-state index in [1.54, 1.807) is 24.3 Å². The number of phenols is 2. The van der Waals surface area contributed by atoms with Gasteiger partial charge in [0.1, 0.15) is 21.9 Å². The van der Waals surface area contributed by atoms with Crippen molar-refractivity contribution >= 4 is 22.5 Å². The fourth-order valence-corrected chi connectivity index (χ4v) is 3.11. The third-order valence-corrected chi connectivity index (χ3v) is 4.28. The number of benzene rings is 2. The summed E-state index contributed by atoms with van der Waals surface area (Å²) in [7, 11) is 0. The number of nitro groups is 1. The first-order valence-electron chi connectivity index (χ1n) is 6.32. The van der Waals surface area contributed by atoms with E-state index in [1.807, 2.05) is 0 Å². The monoisotopic (exact) mass is 317 g/mol. The molecule has 1 aliphatic heterocycles. The third kappa shape index (κ3) is 2.56. The quantitative estimate of drug-likeness (QED) is 0.593. The number of nitrogens with one attached hydrogen (secondary N) is 1. The first kappa shape index (κ1) is 14.2. The highest BCUT2D eigenvalue weighted by Crippen LogP contribution is 2.40. The lowest BCUT2D eigenvalue weighted by molar-refractivity contribution is -0.384. The van der Waals surface area contributed by atoms with Gasteiger partial charge in [-0.15, -0.1) is 0 Å². The molecular weight excluding hydrogens is 306 g/mol. The minimum atomic E-state index is -0.520. The summed E-state index contributed by atoms with van der Waals surface area (Å²) in [6.07, 6.45) is 0. The third-order valence-electron chi connectivity index (χ3n) is 3.15. The number of phenolic OH excluding ortho intramolecular Hbond substituents is 2. The van der Waals surface area contributed by atoms with E-state index in [9.17, 15) is 20.3 Å². The number of hydrogen-bond donors (Lipinski definition) is 3. The summed E-state index contributed by atoms with van der Waals surface area (Å²) >= 11 is 1.26. The number of nitrogens with zero attached hydrogens (tertiary/aromatic N) is 2. The molecule has 1 atom stereocenters. The van der Waals surface area contributed by atoms with E-state index in [-0.39, 0.29) is 17.2 Å². The molecule has 0 amide bonds. The van der Waals surface area contributed by atoms with Crippen LogP contribution in [0.5, 0.6) is 11.5 Å². The lowest BCUT2D eigenvalue weighted by Crippen LogP contribution is -2.07. The van der Waals surface area contributed by atoms with Gasteiger partial charge in [-0.05, 0) is 18.2 Å². The average Bonchev–Trinajstić information content (AvgIpc) is 2.97. The van der Waals surface area contributed by atoms with Crippen molar-refractivity contribution in [2.75, 3.05) is 0 Å². The van der Waals surface area contributed by atoms with Crippen LogP contribution >= 0.6 is 11.8 Å². The van der Waals surface area contributed by atoms with Gasteiger partial charge in [-0.1, -0.05) is 23.9 Å². The molecule has 3 N–H and O–H groups in total. The average molecular weight is 317 g/mol. The molecule has 1 heterocycles. The predicted molar refractivity (Wildman–Crippen MR) is 82.9 cm³/mol. The molecule has 0 aromatic heterocycles. The van der Waals surface area contributed by atoms with Crippen molar-refractivity contribution < 1.29 is 15.1 Å². The summed E-state index contributed by atoms with van der Waals surface area (Å²) < 4.78 is 0. The molecule has 0 aliphatic carbocycles. The van der Waals surface area contributed by atoms with Crippen LogP contribution in [0.1, 0.15) is 16.5 Å². The molecule has 0 unspecified atom stereocenters. The van der Waals surface area contributed by atoms with Gasteiger partial charge in [-0.3, -0.25) is 15.5 Å². The number of nitro benzene ring substituents is 1. The second-order valence-electron chi connectivity index (χ2n) is 4.56. The van der Waals surface area contributed by atoms with Crippen molar-refractivity contribution in [2.45, 2.75) is 5.37 Å². The maximum Gasteiger partial charge on any atom is 0.270 e. The van der Waals surface area contributed by atoms with Gasteiger partial charge in [-0.2, -0.15) is 5.10 Å². The molecule has 0 fully saturated rings. The van der Waals surface area contributed by atoms with Gasteiger partial charge >= 0.3 is 0 Å². The molecule has 112 valence electrons. The van der Waals surface area contributed by atoms with Gasteiger partial charge < -0.3 is 10.2 Å². The van der Waals surface area contributed by atoms with Crippen LogP contribution in [0.4, 0.5) is 5.69 Å². The molecule has 0 radical (unpaired) electrons. The van der Waals surface area contributed by atoms with Gasteiger partial charge in [0, 0.05) is 17.7 Å². The van der Waals surface area contributed by atoms with Gasteiger partial charge in [0.05, 0.1) is 10.5 Å². The number of non-ortho nitro benzene ring substituents is 1. The van der Waals surface area contributed by atoms with Crippen LogP contribution in [0.3, 0.4) is 0 Å². The van der Waals surface area contributed by atoms with Gasteiger partial charge in [0.15, 0.2) is 0 Å². The van der Waals surface area contributed by atoms with Crippen molar-refractivity contribution in [3.05, 3.63) is 63.7 Å². The highest BCUT2D eigenvalue weighted by Gasteiger charge is 2.27. The van der Waals surface area contributed by atoms with Crippen molar-refractivity contribution in [1.82, 2.24) is 5.43 Å². The Labute approximate surface area is 129 Å². The molecule has 7 nitrogen and oxygen atoms in total. The van der Waals surface area contributed by atoms with Crippen molar-refractivity contribution in [1.29, 1.82) is 0 Å². The van der Waals surface area contributed by atoms with Crippen LogP contribution in [-0.4, -0.2) is 20.2 Å². The number of para-hydroxylation sites is 1. The van der Waals surface area contributed by atoms with E-state index in [0.717, 1.165) is 0 Å². The van der Waals surface area contributed by atoms with Gasteiger partial charge in [0.25, 0.3) is 5.69 Å². The highest BCUT2D eigenvalue weighted by atomic mass is 32.2. The van der Waals surface area contributed by atoms with E-state index < -0.39 is 10.3 Å². The molecule has 22 heavy (non-hydrogen) atoms. The van der Waals surface area contributed by atoms with Crippen molar-refractivity contribution in [3.63, 3.8) is 0 Å². The Morgan fingerprint density at radius 1 is 1.18 bits per heavy atom. The molecule has 0 saturated carbocycles. The van der Waals surface area contributed by atoms with Crippen molar-refractivity contribution in [3.8, 4) is 11.5 Å². The van der Waals surface area contributed by atoms with Gasteiger partial charge in [-0.25, -0.2) is 0 Å². The first-order valence-corrected chi connectivity index (χ1v) is 7.20. The van der Waals surface area contributed by atoms with Crippen LogP contribution in [-0.2, 0) is 0 Å². The largest absolute Gasteiger partial charge is 0.508 e. The number of hydrazone groups is 1. The maximum atomic E-state index is 10.8. The Balaban J connectivity index is 1.87. The Hall–Kier alpha value is -2.74. The number of thioether (sulfide) groups is 1.